The zero-order chi connectivity index (χ0) is 22.7. The first-order valence-corrected chi connectivity index (χ1v) is 9.69. The summed E-state index contributed by atoms with van der Waals surface area (Å²) in [4.78, 5) is 25.0. The Labute approximate surface area is 174 Å². The molecular formula is C21H20F4N4O2. The van der Waals surface area contributed by atoms with E-state index in [-0.39, 0.29) is 27.9 Å². The van der Waals surface area contributed by atoms with Gasteiger partial charge in [-0.3, -0.25) is 9.59 Å². The van der Waals surface area contributed by atoms with Crippen molar-refractivity contribution < 1.29 is 17.6 Å². The molecule has 2 aromatic heterocycles. The van der Waals surface area contributed by atoms with Gasteiger partial charge in [0, 0.05) is 35.8 Å². The Morgan fingerprint density at radius 3 is 2.48 bits per heavy atom. The van der Waals surface area contributed by atoms with Crippen molar-refractivity contribution in [2.45, 2.75) is 44.4 Å². The summed E-state index contributed by atoms with van der Waals surface area (Å²) in [7, 11) is 1.40. The second-order valence-electron chi connectivity index (χ2n) is 8.16. The van der Waals surface area contributed by atoms with Crippen molar-refractivity contribution in [2.75, 3.05) is 5.32 Å². The molecule has 0 saturated heterocycles. The van der Waals surface area contributed by atoms with E-state index in [0.717, 1.165) is 23.6 Å². The highest BCUT2D eigenvalue weighted by Crippen LogP contribution is 2.42. The minimum Gasteiger partial charge on any atom is -0.361 e. The van der Waals surface area contributed by atoms with Crippen molar-refractivity contribution in [3.8, 4) is 0 Å². The van der Waals surface area contributed by atoms with Crippen molar-refractivity contribution in [3.05, 3.63) is 68.1 Å². The smallest absolute Gasteiger partial charge is 0.361 e. The summed E-state index contributed by atoms with van der Waals surface area (Å²) in [5.41, 5.74) is -2.70. The number of anilines is 1. The average molecular weight is 436 g/mol. The Bertz CT molecular complexity index is 1310. The number of aryl methyl sites for hydroxylation is 1. The molecule has 1 aromatic carbocycles. The quantitative estimate of drug-likeness (QED) is 0.630. The minimum atomic E-state index is -4.82. The first-order valence-electron chi connectivity index (χ1n) is 9.69. The van der Waals surface area contributed by atoms with Crippen LogP contribution in [0.5, 0.6) is 0 Å². The number of nitrogens with one attached hydrogen (secondary N) is 1. The molecule has 1 atom stereocenters. The number of alkyl halides is 3. The second kappa shape index (κ2) is 6.93. The van der Waals surface area contributed by atoms with E-state index in [0.29, 0.717) is 11.5 Å². The molecule has 6 nitrogen and oxygen atoms in total. The molecule has 0 aliphatic heterocycles. The summed E-state index contributed by atoms with van der Waals surface area (Å²) in [5.74, 6) is -1.20. The Morgan fingerprint density at radius 1 is 1.19 bits per heavy atom. The van der Waals surface area contributed by atoms with Crippen LogP contribution in [0.3, 0.4) is 0 Å². The van der Waals surface area contributed by atoms with Crippen LogP contribution in [0.2, 0.25) is 0 Å². The predicted molar refractivity (Wildman–Crippen MR) is 108 cm³/mol. The van der Waals surface area contributed by atoms with Gasteiger partial charge < -0.3 is 9.88 Å². The molecule has 0 unspecified atom stereocenters. The number of fused-ring (bicyclic) bond motifs is 1. The lowest BCUT2D eigenvalue weighted by Crippen LogP contribution is -2.30. The lowest BCUT2D eigenvalue weighted by molar-refractivity contribution is -0.140. The van der Waals surface area contributed by atoms with Crippen LogP contribution >= 0.6 is 0 Å². The number of hydrogen-bond acceptors (Lipinski definition) is 4. The van der Waals surface area contributed by atoms with Gasteiger partial charge in [-0.2, -0.15) is 18.3 Å². The van der Waals surface area contributed by atoms with Crippen LogP contribution in [0.1, 0.15) is 43.9 Å². The van der Waals surface area contributed by atoms with E-state index in [1.165, 1.54) is 36.9 Å². The van der Waals surface area contributed by atoms with Crippen molar-refractivity contribution in [2.24, 2.45) is 7.05 Å². The molecule has 10 heteroatoms. The first-order chi connectivity index (χ1) is 14.4. The van der Waals surface area contributed by atoms with Gasteiger partial charge in [-0.25, -0.2) is 9.07 Å². The molecule has 1 fully saturated rings. The molecular weight excluding hydrogens is 416 g/mol. The van der Waals surface area contributed by atoms with Crippen molar-refractivity contribution in [1.82, 2.24) is 14.3 Å². The lowest BCUT2D eigenvalue weighted by Gasteiger charge is -2.20. The third-order valence-corrected chi connectivity index (χ3v) is 5.79. The van der Waals surface area contributed by atoms with Crippen LogP contribution in [0, 0.1) is 5.82 Å². The Kier molecular flexibility index (Phi) is 4.71. The van der Waals surface area contributed by atoms with Crippen LogP contribution in [0.15, 0.2) is 40.1 Å². The standard InChI is InChI=1S/C21H20F4N4O2/c1-11(12-5-4-6-15(17(12)22)21(23,24)25)26-18-14-10-29(20(2)7-8-20)16(30)9-13(14)19(31)28(3)27-18/h4-6,9-11H,7-8H2,1-3H3,(H,26,27)/t11-/m1/s1. The Balaban J connectivity index is 1.83. The van der Waals surface area contributed by atoms with Crippen molar-refractivity contribution >= 4 is 16.6 Å². The topological polar surface area (TPSA) is 68.9 Å². The number of pyridine rings is 1. The Morgan fingerprint density at radius 2 is 1.87 bits per heavy atom. The van der Waals surface area contributed by atoms with E-state index in [2.05, 4.69) is 10.4 Å². The van der Waals surface area contributed by atoms with Crippen LogP contribution in [-0.2, 0) is 18.8 Å². The zero-order valence-electron chi connectivity index (χ0n) is 17.0. The van der Waals surface area contributed by atoms with Crippen LogP contribution in [0.25, 0.3) is 10.8 Å². The van der Waals surface area contributed by atoms with E-state index in [4.69, 9.17) is 0 Å². The third-order valence-electron chi connectivity index (χ3n) is 5.79. The van der Waals surface area contributed by atoms with Crippen molar-refractivity contribution in [1.29, 1.82) is 0 Å². The highest BCUT2D eigenvalue weighted by molar-refractivity contribution is 5.90. The maximum atomic E-state index is 14.6. The fourth-order valence-electron chi connectivity index (χ4n) is 3.66. The van der Waals surface area contributed by atoms with Gasteiger partial charge in [0.05, 0.1) is 17.0 Å². The summed E-state index contributed by atoms with van der Waals surface area (Å²) in [6.45, 7) is 3.41. The fourth-order valence-corrected chi connectivity index (χ4v) is 3.66. The maximum absolute atomic E-state index is 14.6. The number of halogens is 4. The summed E-state index contributed by atoms with van der Waals surface area (Å²) < 4.78 is 56.4. The predicted octanol–water partition coefficient (Wildman–Crippen LogP) is 3.94. The first kappa shape index (κ1) is 21.1. The molecule has 0 spiro atoms. The molecule has 0 bridgehead atoms. The molecule has 1 N–H and O–H groups in total. The molecule has 2 heterocycles. The van der Waals surface area contributed by atoms with Crippen molar-refractivity contribution in [3.63, 3.8) is 0 Å². The number of nitrogens with zero attached hydrogens (tertiary/aromatic N) is 3. The molecule has 31 heavy (non-hydrogen) atoms. The average Bonchev–Trinajstić information content (AvgIpc) is 3.43. The number of hydrogen-bond donors (Lipinski definition) is 1. The van der Waals surface area contributed by atoms with Crippen LogP contribution < -0.4 is 16.4 Å². The molecule has 1 saturated carbocycles. The zero-order valence-corrected chi connectivity index (χ0v) is 17.0. The SMILES string of the molecule is C[C@@H](Nc1nn(C)c(=O)c2cc(=O)n(C3(C)CC3)cc12)c1cccc(C(F)(F)F)c1F. The van der Waals surface area contributed by atoms with Gasteiger partial charge in [-0.1, -0.05) is 12.1 Å². The molecule has 4 rings (SSSR count). The molecule has 0 amide bonds. The minimum absolute atomic E-state index is 0.127. The number of rotatable bonds is 4. The number of benzene rings is 1. The highest BCUT2D eigenvalue weighted by atomic mass is 19.4. The highest BCUT2D eigenvalue weighted by Gasteiger charge is 2.40. The van der Waals surface area contributed by atoms with E-state index in [9.17, 15) is 27.2 Å². The summed E-state index contributed by atoms with van der Waals surface area (Å²) in [5, 5.41) is 7.56. The summed E-state index contributed by atoms with van der Waals surface area (Å²) in [6, 6.07) is 3.42. The van der Waals surface area contributed by atoms with E-state index in [1.807, 2.05) is 6.92 Å². The lowest BCUT2D eigenvalue weighted by atomic mass is 10.0. The summed E-state index contributed by atoms with van der Waals surface area (Å²) in [6.07, 6.45) is -1.66. The fraction of sp³-hybridized carbons (Fsp3) is 0.381. The Hall–Kier alpha value is -3.17. The van der Waals surface area contributed by atoms with Gasteiger partial charge in [0.2, 0.25) is 0 Å². The van der Waals surface area contributed by atoms with Gasteiger partial charge in [-0.05, 0) is 32.8 Å². The monoisotopic (exact) mass is 436 g/mol. The molecule has 1 aliphatic rings. The second-order valence-corrected chi connectivity index (χ2v) is 8.16. The largest absolute Gasteiger partial charge is 0.419 e. The van der Waals surface area contributed by atoms with Gasteiger partial charge in [0.25, 0.3) is 11.1 Å². The normalized spacial score (nSPS) is 16.4. The van der Waals surface area contributed by atoms with Crippen LogP contribution in [0.4, 0.5) is 23.4 Å². The summed E-state index contributed by atoms with van der Waals surface area (Å²) >= 11 is 0. The number of aromatic nitrogens is 3. The van der Waals surface area contributed by atoms with Gasteiger partial charge in [-0.15, -0.1) is 0 Å². The molecule has 1 aliphatic carbocycles. The molecule has 3 aromatic rings. The van der Waals surface area contributed by atoms with Gasteiger partial charge in [0.1, 0.15) is 5.82 Å². The molecule has 0 radical (unpaired) electrons. The van der Waals surface area contributed by atoms with Gasteiger partial charge >= 0.3 is 6.18 Å². The van der Waals surface area contributed by atoms with E-state index in [1.54, 1.807) is 0 Å². The van der Waals surface area contributed by atoms with Gasteiger partial charge in [0.15, 0.2) is 5.82 Å². The van der Waals surface area contributed by atoms with E-state index >= 15 is 0 Å². The molecule has 164 valence electrons. The van der Waals surface area contributed by atoms with E-state index < -0.39 is 29.2 Å². The van der Waals surface area contributed by atoms with Crippen LogP contribution in [-0.4, -0.2) is 14.3 Å². The third kappa shape index (κ3) is 3.60. The maximum Gasteiger partial charge on any atom is 0.419 e.